The van der Waals surface area contributed by atoms with E-state index in [4.69, 9.17) is 9.84 Å². The van der Waals surface area contributed by atoms with Crippen LogP contribution in [0.15, 0.2) is 24.3 Å². The Bertz CT molecular complexity index is 428. The number of carboxylic acids is 1. The normalized spacial score (nSPS) is 11.9. The number of ether oxygens (including phenoxy) is 1. The first-order chi connectivity index (χ1) is 9.02. The second kappa shape index (κ2) is 7.53. The summed E-state index contributed by atoms with van der Waals surface area (Å²) in [6.45, 7) is 1.96. The lowest BCUT2D eigenvalue weighted by Crippen LogP contribution is -2.38. The van der Waals surface area contributed by atoms with Gasteiger partial charge >= 0.3 is 5.97 Å². The fraction of sp³-hybridized carbons (Fsp3) is 0.429. The van der Waals surface area contributed by atoms with Gasteiger partial charge in [-0.05, 0) is 37.6 Å². The molecule has 0 amide bonds. The van der Waals surface area contributed by atoms with Gasteiger partial charge in [-0.1, -0.05) is 12.1 Å². The molecule has 1 aromatic rings. The minimum absolute atomic E-state index is 0.155. The SMILES string of the molecule is COc1ccc(CCNC(CC(=O)O)C(C)=O)cc1. The number of hydrogen-bond donors (Lipinski definition) is 2. The molecule has 0 heterocycles. The molecule has 0 aromatic heterocycles. The molecule has 1 rings (SSSR count). The van der Waals surface area contributed by atoms with Gasteiger partial charge in [0.15, 0.2) is 0 Å². The molecule has 5 nitrogen and oxygen atoms in total. The Balaban J connectivity index is 2.42. The molecule has 0 saturated carbocycles. The zero-order valence-electron chi connectivity index (χ0n) is 11.2. The van der Waals surface area contributed by atoms with Crippen molar-refractivity contribution in [2.75, 3.05) is 13.7 Å². The van der Waals surface area contributed by atoms with Crippen molar-refractivity contribution in [3.05, 3.63) is 29.8 Å². The number of carbonyl (C=O) groups excluding carboxylic acids is 1. The molecule has 2 N–H and O–H groups in total. The van der Waals surface area contributed by atoms with Crippen molar-refractivity contribution in [2.24, 2.45) is 0 Å². The molecular formula is C14H19NO4. The Morgan fingerprint density at radius 3 is 2.42 bits per heavy atom. The van der Waals surface area contributed by atoms with E-state index in [1.54, 1.807) is 7.11 Å². The third kappa shape index (κ3) is 5.52. The molecule has 0 fully saturated rings. The molecule has 0 bridgehead atoms. The number of ketones is 1. The summed E-state index contributed by atoms with van der Waals surface area (Å²) < 4.78 is 5.06. The van der Waals surface area contributed by atoms with E-state index < -0.39 is 12.0 Å². The van der Waals surface area contributed by atoms with Crippen molar-refractivity contribution in [1.29, 1.82) is 0 Å². The van der Waals surface area contributed by atoms with E-state index in [2.05, 4.69) is 5.32 Å². The van der Waals surface area contributed by atoms with Gasteiger partial charge in [-0.2, -0.15) is 0 Å². The van der Waals surface area contributed by atoms with Crippen LogP contribution in [0.4, 0.5) is 0 Å². The third-order valence-corrected chi connectivity index (χ3v) is 2.83. The van der Waals surface area contributed by atoms with Crippen LogP contribution in [0.25, 0.3) is 0 Å². The van der Waals surface area contributed by atoms with Gasteiger partial charge in [0.05, 0.1) is 19.6 Å². The van der Waals surface area contributed by atoms with E-state index in [0.29, 0.717) is 6.54 Å². The highest BCUT2D eigenvalue weighted by Crippen LogP contribution is 2.11. The Morgan fingerprint density at radius 2 is 1.95 bits per heavy atom. The highest BCUT2D eigenvalue weighted by atomic mass is 16.5. The number of nitrogens with one attached hydrogen (secondary N) is 1. The van der Waals surface area contributed by atoms with Crippen LogP contribution in [-0.4, -0.2) is 36.6 Å². The number of hydrogen-bond acceptors (Lipinski definition) is 4. The summed E-state index contributed by atoms with van der Waals surface area (Å²) >= 11 is 0. The third-order valence-electron chi connectivity index (χ3n) is 2.83. The highest BCUT2D eigenvalue weighted by Gasteiger charge is 2.16. The first-order valence-corrected chi connectivity index (χ1v) is 6.11. The predicted octanol–water partition coefficient (Wildman–Crippen LogP) is 1.26. The van der Waals surface area contributed by atoms with Crippen molar-refractivity contribution in [2.45, 2.75) is 25.8 Å². The molecule has 0 aliphatic carbocycles. The molecule has 1 atom stereocenters. The Labute approximate surface area is 112 Å². The van der Waals surface area contributed by atoms with Crippen LogP contribution in [-0.2, 0) is 16.0 Å². The van der Waals surface area contributed by atoms with Crippen LogP contribution in [0.3, 0.4) is 0 Å². The maximum absolute atomic E-state index is 11.3. The number of carboxylic acid groups (broad SMARTS) is 1. The summed E-state index contributed by atoms with van der Waals surface area (Å²) in [6.07, 6.45) is 0.547. The standard InChI is InChI=1S/C14H19NO4/c1-10(16)13(9-14(17)18)15-8-7-11-3-5-12(19-2)6-4-11/h3-6,13,15H,7-9H2,1-2H3,(H,17,18). The van der Waals surface area contributed by atoms with Crippen molar-refractivity contribution < 1.29 is 19.4 Å². The van der Waals surface area contributed by atoms with Gasteiger partial charge in [0.1, 0.15) is 11.5 Å². The molecule has 104 valence electrons. The van der Waals surface area contributed by atoms with E-state index >= 15 is 0 Å². The summed E-state index contributed by atoms with van der Waals surface area (Å²) in [4.78, 5) is 21.9. The molecule has 0 saturated heterocycles. The minimum atomic E-state index is -0.975. The van der Waals surface area contributed by atoms with E-state index in [-0.39, 0.29) is 12.2 Å². The maximum Gasteiger partial charge on any atom is 0.305 e. The zero-order chi connectivity index (χ0) is 14.3. The molecule has 19 heavy (non-hydrogen) atoms. The van der Waals surface area contributed by atoms with Crippen LogP contribution in [0.1, 0.15) is 18.9 Å². The molecule has 1 aromatic carbocycles. The molecule has 0 aliphatic rings. The van der Waals surface area contributed by atoms with Gasteiger partial charge < -0.3 is 15.2 Å². The zero-order valence-corrected chi connectivity index (χ0v) is 11.2. The Kier molecular flexibility index (Phi) is 6.02. The average molecular weight is 265 g/mol. The van der Waals surface area contributed by atoms with Gasteiger partial charge in [0.2, 0.25) is 0 Å². The number of benzene rings is 1. The van der Waals surface area contributed by atoms with Gasteiger partial charge in [-0.3, -0.25) is 9.59 Å². The molecule has 0 radical (unpaired) electrons. The van der Waals surface area contributed by atoms with Crippen LogP contribution < -0.4 is 10.1 Å². The smallest absolute Gasteiger partial charge is 0.305 e. The van der Waals surface area contributed by atoms with Crippen molar-refractivity contribution in [3.8, 4) is 5.75 Å². The number of methoxy groups -OCH3 is 1. The van der Waals surface area contributed by atoms with Gasteiger partial charge in [0, 0.05) is 0 Å². The fourth-order valence-electron chi connectivity index (χ4n) is 1.72. The maximum atomic E-state index is 11.3. The summed E-state index contributed by atoms with van der Waals surface area (Å²) in [7, 11) is 1.61. The van der Waals surface area contributed by atoms with Crippen molar-refractivity contribution in [3.63, 3.8) is 0 Å². The molecule has 1 unspecified atom stereocenters. The second-order valence-electron chi connectivity index (χ2n) is 4.31. The van der Waals surface area contributed by atoms with Crippen LogP contribution in [0.5, 0.6) is 5.75 Å². The van der Waals surface area contributed by atoms with E-state index in [0.717, 1.165) is 17.7 Å². The van der Waals surface area contributed by atoms with E-state index in [1.807, 2.05) is 24.3 Å². The minimum Gasteiger partial charge on any atom is -0.497 e. The first-order valence-electron chi connectivity index (χ1n) is 6.11. The summed E-state index contributed by atoms with van der Waals surface area (Å²) in [5.74, 6) is -0.335. The number of Topliss-reactive ketones (excluding diaryl/α,β-unsaturated/α-hetero) is 1. The first kappa shape index (κ1) is 15.2. The number of rotatable bonds is 8. The Morgan fingerprint density at radius 1 is 1.32 bits per heavy atom. The van der Waals surface area contributed by atoms with Crippen LogP contribution >= 0.6 is 0 Å². The van der Waals surface area contributed by atoms with Crippen LogP contribution in [0.2, 0.25) is 0 Å². The monoisotopic (exact) mass is 265 g/mol. The largest absolute Gasteiger partial charge is 0.497 e. The van der Waals surface area contributed by atoms with E-state index in [1.165, 1.54) is 6.92 Å². The number of aliphatic carboxylic acids is 1. The van der Waals surface area contributed by atoms with Crippen molar-refractivity contribution in [1.82, 2.24) is 5.32 Å². The lowest BCUT2D eigenvalue weighted by Gasteiger charge is -2.13. The summed E-state index contributed by atoms with van der Waals surface area (Å²) in [5, 5.41) is 11.7. The lowest BCUT2D eigenvalue weighted by atomic mass is 10.1. The van der Waals surface area contributed by atoms with Gasteiger partial charge in [-0.25, -0.2) is 0 Å². The molecular weight excluding hydrogens is 246 g/mol. The number of carbonyl (C=O) groups is 2. The molecule has 5 heteroatoms. The van der Waals surface area contributed by atoms with Crippen LogP contribution in [0, 0.1) is 0 Å². The molecule has 0 spiro atoms. The molecule has 0 aliphatic heterocycles. The lowest BCUT2D eigenvalue weighted by molar-refractivity contribution is -0.139. The fourth-order valence-corrected chi connectivity index (χ4v) is 1.72. The van der Waals surface area contributed by atoms with Gasteiger partial charge in [-0.15, -0.1) is 0 Å². The topological polar surface area (TPSA) is 75.6 Å². The van der Waals surface area contributed by atoms with E-state index in [9.17, 15) is 9.59 Å². The predicted molar refractivity (Wildman–Crippen MR) is 71.4 cm³/mol. The average Bonchev–Trinajstić information content (AvgIpc) is 2.37. The Hall–Kier alpha value is -1.88. The highest BCUT2D eigenvalue weighted by molar-refractivity contribution is 5.85. The summed E-state index contributed by atoms with van der Waals surface area (Å²) in [6, 6.07) is 7.01. The van der Waals surface area contributed by atoms with Gasteiger partial charge in [0.25, 0.3) is 0 Å². The quantitative estimate of drug-likeness (QED) is 0.740. The summed E-state index contributed by atoms with van der Waals surface area (Å²) in [5.41, 5.74) is 1.10. The second-order valence-corrected chi connectivity index (χ2v) is 4.31. The van der Waals surface area contributed by atoms with Crippen molar-refractivity contribution >= 4 is 11.8 Å².